The van der Waals surface area contributed by atoms with Gasteiger partial charge in [-0.3, -0.25) is 0 Å². The van der Waals surface area contributed by atoms with Gasteiger partial charge in [-0.25, -0.2) is 0 Å². The first-order valence-electron chi connectivity index (χ1n) is 10.3. The summed E-state index contributed by atoms with van der Waals surface area (Å²) in [5.41, 5.74) is 10.1. The molecule has 0 bridgehead atoms. The summed E-state index contributed by atoms with van der Waals surface area (Å²) in [5.74, 6) is 0. The van der Waals surface area contributed by atoms with Crippen LogP contribution in [0.4, 0.5) is 11.4 Å². The van der Waals surface area contributed by atoms with E-state index in [1.807, 2.05) is 12.1 Å². The molecule has 0 saturated carbocycles. The number of rotatable bonds is 4. The van der Waals surface area contributed by atoms with Crippen LogP contribution in [0.1, 0.15) is 56.7 Å². The molecule has 2 aromatic rings. The van der Waals surface area contributed by atoms with Crippen molar-refractivity contribution < 1.29 is 4.43 Å². The highest BCUT2D eigenvalue weighted by Crippen LogP contribution is 2.44. The fourth-order valence-corrected chi connectivity index (χ4v) is 5.18. The highest BCUT2D eigenvalue weighted by atomic mass is 28.3. The summed E-state index contributed by atoms with van der Waals surface area (Å²) in [4.78, 5) is 2.30. The van der Waals surface area contributed by atoms with Gasteiger partial charge >= 0.3 is 0 Å². The number of anilines is 2. The lowest BCUT2D eigenvalue weighted by Gasteiger charge is -2.50. The number of benzene rings is 2. The fourth-order valence-electron chi connectivity index (χ4n) is 4.18. The van der Waals surface area contributed by atoms with E-state index in [4.69, 9.17) is 10.2 Å². The second-order valence-electron chi connectivity index (χ2n) is 9.12. The normalized spacial score (nSPS) is 20.0. The third kappa shape index (κ3) is 4.34. The van der Waals surface area contributed by atoms with Gasteiger partial charge in [-0.1, -0.05) is 45.0 Å². The van der Waals surface area contributed by atoms with Crippen LogP contribution in [0.2, 0.25) is 13.1 Å². The van der Waals surface area contributed by atoms with E-state index in [0.717, 1.165) is 37.1 Å². The number of nitrogen functional groups attached to an aromatic ring is 1. The molecule has 0 spiro atoms. The zero-order valence-electron chi connectivity index (χ0n) is 18.2. The van der Waals surface area contributed by atoms with Crippen LogP contribution in [0.5, 0.6) is 0 Å². The fraction of sp³-hybridized carbons (Fsp3) is 0.458. The number of hydrogen-bond acceptors (Lipinski definition) is 4. The van der Waals surface area contributed by atoms with Gasteiger partial charge in [-0.15, -0.1) is 0 Å². The molecule has 4 nitrogen and oxygen atoms in total. The van der Waals surface area contributed by atoms with Crippen LogP contribution in [0.25, 0.3) is 0 Å². The van der Waals surface area contributed by atoms with Gasteiger partial charge in [0.2, 0.25) is 9.04 Å². The molecule has 5 heteroatoms. The van der Waals surface area contributed by atoms with Gasteiger partial charge in [0.15, 0.2) is 5.72 Å². The summed E-state index contributed by atoms with van der Waals surface area (Å²) in [6, 6.07) is 16.8. The summed E-state index contributed by atoms with van der Waals surface area (Å²) in [6.45, 7) is 11.9. The van der Waals surface area contributed by atoms with Gasteiger partial charge in [0.1, 0.15) is 6.07 Å². The Morgan fingerprint density at radius 1 is 1.10 bits per heavy atom. The van der Waals surface area contributed by atoms with Crippen molar-refractivity contribution in [3.63, 3.8) is 0 Å². The van der Waals surface area contributed by atoms with E-state index in [1.165, 1.54) is 5.56 Å². The molecule has 1 fully saturated rings. The van der Waals surface area contributed by atoms with Gasteiger partial charge in [0, 0.05) is 17.8 Å². The molecule has 1 heterocycles. The monoisotopic (exact) mass is 406 g/mol. The predicted molar refractivity (Wildman–Crippen MR) is 122 cm³/mol. The smallest absolute Gasteiger partial charge is 0.208 e. The highest BCUT2D eigenvalue weighted by molar-refractivity contribution is 6.48. The minimum atomic E-state index is -0.992. The Labute approximate surface area is 177 Å². The molecular formula is C24H32N3OSi. The lowest BCUT2D eigenvalue weighted by atomic mass is 9.84. The van der Waals surface area contributed by atoms with E-state index in [1.54, 1.807) is 6.07 Å². The largest absolute Gasteiger partial charge is 0.399 e. The van der Waals surface area contributed by atoms with Gasteiger partial charge < -0.3 is 15.1 Å². The van der Waals surface area contributed by atoms with Crippen LogP contribution in [-0.4, -0.2) is 15.6 Å². The Morgan fingerprint density at radius 3 is 2.38 bits per heavy atom. The second-order valence-corrected chi connectivity index (χ2v) is 11.1. The van der Waals surface area contributed by atoms with Crippen molar-refractivity contribution >= 4 is 20.4 Å². The number of nitrogens with two attached hydrogens (primary N) is 1. The first kappa shape index (κ1) is 21.4. The molecule has 1 atom stereocenters. The molecule has 1 saturated heterocycles. The molecule has 2 aromatic carbocycles. The van der Waals surface area contributed by atoms with E-state index in [2.05, 4.69) is 69.1 Å². The standard InChI is InChI=1S/C24H32N3OSi/c1-23(2,3)19-8-10-20(11-9-19)24(28-29(4)5)14-6-7-15-27(24)22-13-12-21(26)16-18(22)17-25/h8-13,16H,6-7,14-15,26H2,1-5H3. The lowest BCUT2D eigenvalue weighted by molar-refractivity contribution is 0.0344. The van der Waals surface area contributed by atoms with Crippen molar-refractivity contribution in [3.05, 3.63) is 59.2 Å². The van der Waals surface area contributed by atoms with Crippen molar-refractivity contribution in [1.82, 2.24) is 0 Å². The molecular weight excluding hydrogens is 374 g/mol. The quantitative estimate of drug-likeness (QED) is 0.534. The van der Waals surface area contributed by atoms with Crippen LogP contribution < -0.4 is 10.6 Å². The van der Waals surface area contributed by atoms with Crippen LogP contribution in [0, 0.1) is 11.3 Å². The third-order valence-corrected chi connectivity index (χ3v) is 6.34. The van der Waals surface area contributed by atoms with Crippen LogP contribution in [0.15, 0.2) is 42.5 Å². The molecule has 1 unspecified atom stereocenters. The number of nitrogens with zero attached hydrogens (tertiary/aromatic N) is 2. The number of hydrogen-bond donors (Lipinski definition) is 1. The average molecular weight is 407 g/mol. The highest BCUT2D eigenvalue weighted by Gasteiger charge is 2.43. The minimum absolute atomic E-state index is 0.105. The van der Waals surface area contributed by atoms with Crippen molar-refractivity contribution in [3.8, 4) is 6.07 Å². The Kier molecular flexibility index (Phi) is 6.07. The Hall–Kier alpha value is -2.29. The van der Waals surface area contributed by atoms with Gasteiger partial charge in [0.05, 0.1) is 11.3 Å². The summed E-state index contributed by atoms with van der Waals surface area (Å²) < 4.78 is 6.77. The molecule has 1 radical (unpaired) electrons. The molecule has 1 aliphatic heterocycles. The van der Waals surface area contributed by atoms with Gasteiger partial charge in [-0.05, 0) is 61.5 Å². The molecule has 1 aliphatic rings. The molecule has 0 aliphatic carbocycles. The Morgan fingerprint density at radius 2 is 1.79 bits per heavy atom. The van der Waals surface area contributed by atoms with Crippen molar-refractivity contribution in [2.45, 2.75) is 64.3 Å². The maximum atomic E-state index is 9.76. The Bertz CT molecular complexity index is 896. The second kappa shape index (κ2) is 8.21. The summed E-state index contributed by atoms with van der Waals surface area (Å²) in [7, 11) is -0.992. The average Bonchev–Trinajstić information content (AvgIpc) is 2.67. The molecule has 2 N–H and O–H groups in total. The molecule has 29 heavy (non-hydrogen) atoms. The molecule has 153 valence electrons. The van der Waals surface area contributed by atoms with E-state index in [-0.39, 0.29) is 5.41 Å². The molecule has 0 aromatic heterocycles. The maximum absolute atomic E-state index is 9.76. The van der Waals surface area contributed by atoms with Gasteiger partial charge in [0.25, 0.3) is 0 Å². The molecule has 3 rings (SSSR count). The topological polar surface area (TPSA) is 62.3 Å². The number of nitriles is 1. The summed E-state index contributed by atoms with van der Waals surface area (Å²) in [5, 5.41) is 9.76. The van der Waals surface area contributed by atoms with Crippen LogP contribution >= 0.6 is 0 Å². The summed E-state index contributed by atoms with van der Waals surface area (Å²) in [6.07, 6.45) is 3.09. The molecule has 0 amide bonds. The van der Waals surface area contributed by atoms with E-state index >= 15 is 0 Å². The van der Waals surface area contributed by atoms with Crippen LogP contribution in [-0.2, 0) is 15.6 Å². The Balaban J connectivity index is 2.15. The predicted octanol–water partition coefficient (Wildman–Crippen LogP) is 5.55. The maximum Gasteiger partial charge on any atom is 0.208 e. The zero-order valence-corrected chi connectivity index (χ0v) is 19.2. The first-order chi connectivity index (χ1) is 13.7. The van der Waals surface area contributed by atoms with Crippen molar-refractivity contribution in [1.29, 1.82) is 5.26 Å². The zero-order chi connectivity index (χ0) is 21.2. The van der Waals surface area contributed by atoms with Crippen molar-refractivity contribution in [2.24, 2.45) is 0 Å². The lowest BCUT2D eigenvalue weighted by Crippen LogP contribution is -2.53. The minimum Gasteiger partial charge on any atom is -0.399 e. The van der Waals surface area contributed by atoms with E-state index in [9.17, 15) is 5.26 Å². The number of piperidine rings is 1. The SMILES string of the molecule is C[Si](C)OC1(c2ccc(C(C)(C)C)cc2)CCCCN1c1ccc(N)cc1C#N. The van der Waals surface area contributed by atoms with Crippen molar-refractivity contribution in [2.75, 3.05) is 17.2 Å². The van der Waals surface area contributed by atoms with E-state index < -0.39 is 14.8 Å². The van der Waals surface area contributed by atoms with Gasteiger partial charge in [-0.2, -0.15) is 5.26 Å². The first-order valence-corrected chi connectivity index (χ1v) is 12.8. The summed E-state index contributed by atoms with van der Waals surface area (Å²) >= 11 is 0. The third-order valence-electron chi connectivity index (χ3n) is 5.59. The van der Waals surface area contributed by atoms with E-state index in [0.29, 0.717) is 11.3 Å². The van der Waals surface area contributed by atoms with Crippen LogP contribution in [0.3, 0.4) is 0 Å².